The Morgan fingerprint density at radius 2 is 1.52 bits per heavy atom. The lowest BCUT2D eigenvalue weighted by Crippen LogP contribution is -2.45. The second-order valence-electron chi connectivity index (χ2n) is 5.90. The summed E-state index contributed by atoms with van der Waals surface area (Å²) in [5, 5.41) is 2.65. The van der Waals surface area contributed by atoms with E-state index in [4.69, 9.17) is 4.74 Å². The Bertz CT molecular complexity index is 547. The minimum absolute atomic E-state index is 0.282. The molecule has 1 rings (SSSR count). The first-order valence-corrected chi connectivity index (χ1v) is 6.68. The number of hydrogen-bond donors (Lipinski definition) is 1. The summed E-state index contributed by atoms with van der Waals surface area (Å²) in [6.07, 6.45) is 0. The summed E-state index contributed by atoms with van der Waals surface area (Å²) < 4.78 is 5.17. The third-order valence-corrected chi connectivity index (χ3v) is 3.31. The number of benzene rings is 1. The molecule has 0 saturated carbocycles. The summed E-state index contributed by atoms with van der Waals surface area (Å²) in [5.74, 6) is -1.51. The van der Waals surface area contributed by atoms with Gasteiger partial charge >= 0.3 is 5.97 Å². The van der Waals surface area contributed by atoms with E-state index in [1.807, 2.05) is 6.07 Å². The number of hydrogen-bond acceptors (Lipinski definition) is 4. The zero-order valence-electron chi connectivity index (χ0n) is 13.0. The van der Waals surface area contributed by atoms with Gasteiger partial charge in [0.25, 0.3) is 0 Å². The monoisotopic (exact) mass is 291 g/mol. The summed E-state index contributed by atoms with van der Waals surface area (Å²) in [5.41, 5.74) is -2.06. The molecule has 0 fully saturated rings. The van der Waals surface area contributed by atoms with Crippen LogP contribution in [0, 0.1) is 5.41 Å². The summed E-state index contributed by atoms with van der Waals surface area (Å²) in [6, 6.07) is 8.82. The first-order chi connectivity index (χ1) is 9.57. The van der Waals surface area contributed by atoms with Crippen LogP contribution < -0.4 is 5.32 Å². The van der Waals surface area contributed by atoms with Crippen molar-refractivity contribution in [3.8, 4) is 0 Å². The van der Waals surface area contributed by atoms with Crippen molar-refractivity contribution in [1.82, 2.24) is 0 Å². The highest BCUT2D eigenvalue weighted by atomic mass is 16.6. The normalized spacial score (nSPS) is 11.7. The van der Waals surface area contributed by atoms with Gasteiger partial charge in [0, 0.05) is 5.69 Å². The highest BCUT2D eigenvalue weighted by Gasteiger charge is 2.41. The number of ether oxygens (including phenoxy) is 1. The largest absolute Gasteiger partial charge is 0.451 e. The van der Waals surface area contributed by atoms with Crippen molar-refractivity contribution in [2.45, 2.75) is 40.2 Å². The highest BCUT2D eigenvalue weighted by Crippen LogP contribution is 2.24. The van der Waals surface area contributed by atoms with Crippen LogP contribution in [0.4, 0.5) is 5.69 Å². The minimum atomic E-state index is -1.40. The van der Waals surface area contributed by atoms with Gasteiger partial charge < -0.3 is 10.1 Å². The van der Waals surface area contributed by atoms with E-state index >= 15 is 0 Å². The van der Waals surface area contributed by atoms with Gasteiger partial charge in [0.1, 0.15) is 5.41 Å². The fourth-order valence-corrected chi connectivity index (χ4v) is 1.33. The summed E-state index contributed by atoms with van der Waals surface area (Å²) in [6.45, 7) is 7.26. The second kappa shape index (κ2) is 6.08. The molecule has 0 radical (unpaired) electrons. The molecule has 0 aromatic heterocycles. The molecule has 21 heavy (non-hydrogen) atoms. The van der Waals surface area contributed by atoms with Crippen LogP contribution in [-0.2, 0) is 19.1 Å². The van der Waals surface area contributed by atoms with Crippen LogP contribution in [0.1, 0.15) is 34.6 Å². The van der Waals surface area contributed by atoms with Gasteiger partial charge in [-0.25, -0.2) is 0 Å². The van der Waals surface area contributed by atoms with E-state index in [0.29, 0.717) is 5.69 Å². The lowest BCUT2D eigenvalue weighted by atomic mass is 9.91. The maximum absolute atomic E-state index is 12.2. The van der Waals surface area contributed by atoms with Crippen molar-refractivity contribution >= 4 is 23.3 Å². The Kier molecular flexibility index (Phi) is 4.88. The van der Waals surface area contributed by atoms with Gasteiger partial charge in [-0.1, -0.05) is 18.2 Å². The number of anilines is 1. The van der Waals surface area contributed by atoms with Crippen molar-refractivity contribution in [3.05, 3.63) is 30.3 Å². The van der Waals surface area contributed by atoms with Crippen molar-refractivity contribution in [3.63, 3.8) is 0 Å². The van der Waals surface area contributed by atoms with Gasteiger partial charge in [-0.3, -0.25) is 14.4 Å². The maximum Gasteiger partial charge on any atom is 0.322 e. The van der Waals surface area contributed by atoms with Crippen molar-refractivity contribution in [2.24, 2.45) is 5.41 Å². The molecule has 5 nitrogen and oxygen atoms in total. The molecular weight excluding hydrogens is 270 g/mol. The van der Waals surface area contributed by atoms with Gasteiger partial charge in [-0.2, -0.15) is 0 Å². The quantitative estimate of drug-likeness (QED) is 0.668. The first kappa shape index (κ1) is 16.9. The average Bonchev–Trinajstić information content (AvgIpc) is 2.39. The van der Waals surface area contributed by atoms with Gasteiger partial charge in [0.15, 0.2) is 11.4 Å². The van der Waals surface area contributed by atoms with Crippen molar-refractivity contribution in [1.29, 1.82) is 0 Å². The number of para-hydroxylation sites is 1. The molecule has 0 unspecified atom stereocenters. The summed E-state index contributed by atoms with van der Waals surface area (Å²) in [4.78, 5) is 35.8. The van der Waals surface area contributed by atoms with E-state index in [1.54, 1.807) is 24.3 Å². The summed E-state index contributed by atoms with van der Waals surface area (Å²) >= 11 is 0. The zero-order chi connectivity index (χ0) is 16.3. The Morgan fingerprint density at radius 3 is 2.00 bits per heavy atom. The standard InChI is InChI=1S/C16H21NO4/c1-11(18)16(4,5)21-14(20)15(2,3)13(19)17-12-9-7-6-8-10-12/h6-10H,1-5H3,(H,17,19). The van der Waals surface area contributed by atoms with Gasteiger partial charge in [-0.15, -0.1) is 0 Å². The number of esters is 1. The third-order valence-electron chi connectivity index (χ3n) is 3.31. The molecule has 1 aromatic rings. The van der Waals surface area contributed by atoms with Crippen LogP contribution in [0.15, 0.2) is 30.3 Å². The number of Topliss-reactive ketones (excluding diaryl/α,β-unsaturated/α-hetero) is 1. The second-order valence-corrected chi connectivity index (χ2v) is 5.90. The molecule has 1 aromatic carbocycles. The highest BCUT2D eigenvalue weighted by molar-refractivity contribution is 6.08. The molecule has 0 heterocycles. The van der Waals surface area contributed by atoms with E-state index in [-0.39, 0.29) is 5.78 Å². The van der Waals surface area contributed by atoms with Gasteiger partial charge in [-0.05, 0) is 46.8 Å². The van der Waals surface area contributed by atoms with Crippen LogP contribution in [0.25, 0.3) is 0 Å². The maximum atomic E-state index is 12.2. The lowest BCUT2D eigenvalue weighted by Gasteiger charge is -2.28. The average molecular weight is 291 g/mol. The molecule has 0 aliphatic rings. The van der Waals surface area contributed by atoms with E-state index in [2.05, 4.69) is 5.32 Å². The van der Waals surface area contributed by atoms with Crippen molar-refractivity contribution in [2.75, 3.05) is 5.32 Å². The molecule has 0 spiro atoms. The van der Waals surface area contributed by atoms with Crippen molar-refractivity contribution < 1.29 is 19.1 Å². The van der Waals surface area contributed by atoms with E-state index in [1.165, 1.54) is 34.6 Å². The lowest BCUT2D eigenvalue weighted by molar-refractivity contribution is -0.173. The Labute approximate surface area is 124 Å². The van der Waals surface area contributed by atoms with Gasteiger partial charge in [0.05, 0.1) is 0 Å². The Morgan fingerprint density at radius 1 is 1.00 bits per heavy atom. The molecule has 0 bridgehead atoms. The topological polar surface area (TPSA) is 72.5 Å². The van der Waals surface area contributed by atoms with Gasteiger partial charge in [0.2, 0.25) is 5.91 Å². The number of rotatable bonds is 5. The van der Waals surface area contributed by atoms with E-state index in [9.17, 15) is 14.4 Å². The first-order valence-electron chi connectivity index (χ1n) is 6.68. The zero-order valence-corrected chi connectivity index (χ0v) is 13.0. The Balaban J connectivity index is 2.82. The predicted octanol–water partition coefficient (Wildman–Crippen LogP) is 2.56. The molecule has 0 saturated heterocycles. The molecule has 0 aliphatic heterocycles. The van der Waals surface area contributed by atoms with Crippen LogP contribution >= 0.6 is 0 Å². The SMILES string of the molecule is CC(=O)C(C)(C)OC(=O)C(C)(C)C(=O)Nc1ccccc1. The molecule has 1 amide bonds. The Hall–Kier alpha value is -2.17. The molecule has 0 aliphatic carbocycles. The van der Waals surface area contributed by atoms with Crippen LogP contribution in [0.5, 0.6) is 0 Å². The molecular formula is C16H21NO4. The fourth-order valence-electron chi connectivity index (χ4n) is 1.33. The number of nitrogens with one attached hydrogen (secondary N) is 1. The minimum Gasteiger partial charge on any atom is -0.451 e. The van der Waals surface area contributed by atoms with E-state index in [0.717, 1.165) is 0 Å². The summed E-state index contributed by atoms with van der Waals surface area (Å²) in [7, 11) is 0. The third kappa shape index (κ3) is 4.15. The van der Waals surface area contributed by atoms with Crippen LogP contribution in [0.3, 0.4) is 0 Å². The molecule has 5 heteroatoms. The number of ketones is 1. The van der Waals surface area contributed by atoms with E-state index < -0.39 is 22.9 Å². The smallest absolute Gasteiger partial charge is 0.322 e. The number of amides is 1. The predicted molar refractivity (Wildman–Crippen MR) is 79.7 cm³/mol. The van der Waals surface area contributed by atoms with Crippen LogP contribution in [-0.4, -0.2) is 23.3 Å². The van der Waals surface area contributed by atoms with Crippen LogP contribution in [0.2, 0.25) is 0 Å². The number of carbonyl (C=O) groups is 3. The number of carbonyl (C=O) groups excluding carboxylic acids is 3. The molecule has 0 atom stereocenters. The fraction of sp³-hybridized carbons (Fsp3) is 0.438. The molecule has 114 valence electrons. The molecule has 1 N–H and O–H groups in total.